The molecular formula is C25H29N3O3. The summed E-state index contributed by atoms with van der Waals surface area (Å²) in [4.78, 5) is 20.8. The van der Waals surface area contributed by atoms with Crippen molar-refractivity contribution < 1.29 is 31.1 Å². The van der Waals surface area contributed by atoms with E-state index < -0.39 is 58.2 Å². The summed E-state index contributed by atoms with van der Waals surface area (Å²) in [6, 6.07) is 15.1. The number of nitrogens with zero attached hydrogens (tertiary/aromatic N) is 3. The van der Waals surface area contributed by atoms with Gasteiger partial charge in [-0.15, -0.1) is 0 Å². The molecule has 0 unspecified atom stereocenters. The van der Waals surface area contributed by atoms with Gasteiger partial charge < -0.3 is 14.7 Å². The molecule has 3 rings (SSSR count). The highest BCUT2D eigenvalue weighted by Crippen LogP contribution is 2.30. The fourth-order valence-electron chi connectivity index (χ4n) is 2.77. The third kappa shape index (κ3) is 6.36. The van der Waals surface area contributed by atoms with Crippen LogP contribution < -0.4 is 4.90 Å². The van der Waals surface area contributed by atoms with Gasteiger partial charge in [-0.25, -0.2) is 9.78 Å². The molecular weight excluding hydrogens is 390 g/mol. The van der Waals surface area contributed by atoms with Crippen LogP contribution in [0.4, 0.5) is 5.82 Å². The average Bonchev–Trinajstić information content (AvgIpc) is 2.85. The van der Waals surface area contributed by atoms with Crippen molar-refractivity contribution in [3.8, 4) is 22.5 Å². The van der Waals surface area contributed by atoms with Crippen LogP contribution in [0.2, 0.25) is 0 Å². The van der Waals surface area contributed by atoms with E-state index in [-0.39, 0.29) is 11.5 Å². The molecule has 0 radical (unpaired) electrons. The van der Waals surface area contributed by atoms with E-state index in [2.05, 4.69) is 14.7 Å². The van der Waals surface area contributed by atoms with Crippen molar-refractivity contribution in [3.05, 3.63) is 66.9 Å². The first-order valence-corrected chi connectivity index (χ1v) is 9.31. The molecule has 0 atom stereocenters. The molecule has 6 heteroatoms. The molecule has 6 nitrogen and oxygen atoms in total. The molecule has 0 saturated heterocycles. The molecule has 162 valence electrons. The minimum absolute atomic E-state index is 0.234. The summed E-state index contributed by atoms with van der Waals surface area (Å²) >= 11 is 0. The molecule has 0 bridgehead atoms. The van der Waals surface area contributed by atoms with Gasteiger partial charge in [0.1, 0.15) is 12.4 Å². The fourth-order valence-corrected chi connectivity index (χ4v) is 2.77. The molecule has 0 aliphatic carbocycles. The van der Waals surface area contributed by atoms with E-state index in [1.165, 1.54) is 0 Å². The Morgan fingerprint density at radius 3 is 2.35 bits per heavy atom. The van der Waals surface area contributed by atoms with Gasteiger partial charge in [0, 0.05) is 41.2 Å². The quantitative estimate of drug-likeness (QED) is 0.465. The van der Waals surface area contributed by atoms with E-state index >= 15 is 0 Å². The van der Waals surface area contributed by atoms with Crippen LogP contribution in [0.3, 0.4) is 0 Å². The average molecular weight is 432 g/mol. The third-order valence-electron chi connectivity index (χ3n) is 4.15. The monoisotopic (exact) mass is 431 g/mol. The highest BCUT2D eigenvalue weighted by atomic mass is 16.5. The van der Waals surface area contributed by atoms with Gasteiger partial charge in [0.15, 0.2) is 0 Å². The number of rotatable bonds is 11. The van der Waals surface area contributed by atoms with Crippen LogP contribution in [0.15, 0.2) is 66.9 Å². The number of hydrogen-bond acceptors (Lipinski definition) is 5. The van der Waals surface area contributed by atoms with Crippen molar-refractivity contribution in [2.45, 2.75) is 32.5 Å². The number of ether oxygens (including phenoxy) is 1. The number of benzene rings is 2. The van der Waals surface area contributed by atoms with Gasteiger partial charge in [-0.3, -0.25) is 4.98 Å². The molecule has 0 spiro atoms. The van der Waals surface area contributed by atoms with Crippen molar-refractivity contribution in [2.24, 2.45) is 0 Å². The minimum atomic E-state index is -3.51. The second-order valence-electron chi connectivity index (χ2n) is 6.27. The number of carboxylic acid groups (broad SMARTS) is 1. The van der Waals surface area contributed by atoms with Crippen molar-refractivity contribution >= 4 is 11.8 Å². The normalized spacial score (nSPS) is 18.9. The number of carbonyl (C=O) groups is 1. The topological polar surface area (TPSA) is 75.5 Å². The van der Waals surface area contributed by atoms with Gasteiger partial charge in [0.05, 0.1) is 23.1 Å². The molecule has 0 aliphatic rings. The van der Waals surface area contributed by atoms with Gasteiger partial charge in [-0.2, -0.15) is 0 Å². The first-order valence-electron chi connectivity index (χ1n) is 15.3. The molecule has 0 saturated carbocycles. The fraction of sp³-hybridized carbons (Fsp3) is 0.320. The lowest BCUT2D eigenvalue weighted by atomic mass is 10.0. The number of aromatic nitrogens is 2. The van der Waals surface area contributed by atoms with Gasteiger partial charge in [-0.05, 0) is 26.5 Å². The Bertz CT molecular complexity index is 1390. The number of anilines is 1. The van der Waals surface area contributed by atoms with Crippen LogP contribution in [0, 0.1) is 0 Å². The van der Waals surface area contributed by atoms with Gasteiger partial charge in [-0.1, -0.05) is 60.7 Å². The van der Waals surface area contributed by atoms with E-state index in [1.807, 2.05) is 0 Å². The summed E-state index contributed by atoms with van der Waals surface area (Å²) < 4.78 is 100. The lowest BCUT2D eigenvalue weighted by molar-refractivity contribution is -0.142. The third-order valence-corrected chi connectivity index (χ3v) is 4.15. The van der Waals surface area contributed by atoms with Crippen LogP contribution in [-0.2, 0) is 9.53 Å². The second kappa shape index (κ2) is 11.2. The van der Waals surface area contributed by atoms with Gasteiger partial charge >= 0.3 is 5.97 Å². The minimum Gasteiger partial charge on any atom is -0.480 e. The van der Waals surface area contributed by atoms with Crippen molar-refractivity contribution in [1.82, 2.24) is 9.97 Å². The number of carboxylic acids is 1. The van der Waals surface area contributed by atoms with Crippen molar-refractivity contribution in [2.75, 3.05) is 24.6 Å². The summed E-state index contributed by atoms with van der Waals surface area (Å²) in [6.07, 6.45) is -3.00. The molecule has 0 fully saturated rings. The lowest BCUT2D eigenvalue weighted by Crippen LogP contribution is -2.33. The Kier molecular flexibility index (Phi) is 4.13. The molecule has 2 aromatic carbocycles. The van der Waals surface area contributed by atoms with Crippen LogP contribution in [0.25, 0.3) is 22.5 Å². The zero-order valence-corrected chi connectivity index (χ0v) is 16.4. The van der Waals surface area contributed by atoms with E-state index in [9.17, 15) is 4.79 Å². The number of hydrogen-bond donors (Lipinski definition) is 1. The van der Waals surface area contributed by atoms with E-state index in [1.54, 1.807) is 60.7 Å². The van der Waals surface area contributed by atoms with Crippen LogP contribution in [0.1, 0.15) is 42.9 Å². The molecule has 31 heavy (non-hydrogen) atoms. The Balaban J connectivity index is 2.18. The van der Waals surface area contributed by atoms with Crippen molar-refractivity contribution in [3.63, 3.8) is 0 Å². The molecule has 0 aliphatic heterocycles. The Labute approximate surface area is 200 Å². The standard InChI is InChI=1S/C25H29N3O3/c1-19(2)28(15-9-10-16-31-18-23(29)30)22-17-26-24(20-11-5-3-6-12-20)25(27-22)21-13-7-4-8-14-21/h3-8,11-14,17,19H,9-10,15-16,18H2,1-2H3,(H,29,30)/i1D3,2D3,9D2,16D2,18D2. The Morgan fingerprint density at radius 2 is 1.74 bits per heavy atom. The first-order chi connectivity index (χ1) is 19.6. The smallest absolute Gasteiger partial charge is 0.329 e. The second-order valence-corrected chi connectivity index (χ2v) is 6.27. The van der Waals surface area contributed by atoms with E-state index in [0.717, 1.165) is 6.20 Å². The summed E-state index contributed by atoms with van der Waals surface area (Å²) in [5.41, 5.74) is 1.79. The van der Waals surface area contributed by atoms with E-state index in [0.29, 0.717) is 21.7 Å². The SMILES string of the molecule is [2H]C([2H])(CN(c1cnc(-c2ccccc2)c(-c2ccccc2)n1)C(C([2H])([2H])[2H])C([2H])([2H])[2H])CC([2H])([2H])OC([2H])([2H])C(=O)O. The molecule has 1 N–H and O–H groups in total. The summed E-state index contributed by atoms with van der Waals surface area (Å²) in [5, 5.41) is 8.96. The molecule has 1 aromatic heterocycles. The Hall–Kier alpha value is -3.25. The van der Waals surface area contributed by atoms with Crippen LogP contribution in [-0.4, -0.2) is 46.7 Å². The zero-order valence-electron chi connectivity index (χ0n) is 28.4. The summed E-state index contributed by atoms with van der Waals surface area (Å²) in [7, 11) is 0. The Morgan fingerprint density at radius 1 is 1.10 bits per heavy atom. The highest BCUT2D eigenvalue weighted by Gasteiger charge is 2.17. The maximum absolute atomic E-state index is 11.1. The summed E-state index contributed by atoms with van der Waals surface area (Å²) in [6.45, 7) is -14.2. The molecule has 0 amide bonds. The summed E-state index contributed by atoms with van der Waals surface area (Å²) in [5.74, 6) is -2.48. The number of aliphatic carboxylic acids is 1. The highest BCUT2D eigenvalue weighted by molar-refractivity contribution is 5.78. The zero-order chi connectivity index (χ0) is 32.4. The predicted octanol–water partition coefficient (Wildman–Crippen LogP) is 4.91. The van der Waals surface area contributed by atoms with Crippen LogP contribution >= 0.6 is 0 Å². The van der Waals surface area contributed by atoms with E-state index in [4.69, 9.17) is 21.6 Å². The maximum atomic E-state index is 11.1. The maximum Gasteiger partial charge on any atom is 0.329 e. The van der Waals surface area contributed by atoms with Crippen molar-refractivity contribution in [1.29, 1.82) is 0 Å². The lowest BCUT2D eigenvalue weighted by Gasteiger charge is -2.28. The van der Waals surface area contributed by atoms with Crippen LogP contribution in [0.5, 0.6) is 0 Å². The van der Waals surface area contributed by atoms with Gasteiger partial charge in [0.2, 0.25) is 0 Å². The largest absolute Gasteiger partial charge is 0.480 e. The predicted molar refractivity (Wildman–Crippen MR) is 123 cm³/mol. The van der Waals surface area contributed by atoms with Gasteiger partial charge in [0.25, 0.3) is 0 Å². The first kappa shape index (κ1) is 11.4. The molecule has 3 aromatic rings. The molecule has 1 heterocycles.